The highest BCUT2D eigenvalue weighted by Gasteiger charge is 2.02. The largest absolute Gasteiger partial charge is 0.494 e. The summed E-state index contributed by atoms with van der Waals surface area (Å²) in [6, 6.07) is 15.5. The highest BCUT2D eigenvalue weighted by Crippen LogP contribution is 2.24. The van der Waals surface area contributed by atoms with Crippen LogP contribution in [0.25, 0.3) is 11.1 Å². The van der Waals surface area contributed by atoms with E-state index in [1.807, 2.05) is 48.5 Å². The summed E-state index contributed by atoms with van der Waals surface area (Å²) in [6.45, 7) is 8.06. The molecule has 6 nitrogen and oxygen atoms in total. The van der Waals surface area contributed by atoms with Crippen LogP contribution < -0.4 is 9.47 Å². The second-order valence-corrected chi connectivity index (χ2v) is 6.20. The number of esters is 2. The van der Waals surface area contributed by atoms with E-state index in [2.05, 4.69) is 13.2 Å². The van der Waals surface area contributed by atoms with Crippen LogP contribution in [0, 0.1) is 0 Å². The third-order valence-electron chi connectivity index (χ3n) is 4.02. The number of ether oxygens (including phenoxy) is 4. The van der Waals surface area contributed by atoms with Crippen LogP contribution in [0.4, 0.5) is 0 Å². The molecule has 0 spiro atoms. The zero-order valence-electron chi connectivity index (χ0n) is 16.9. The molecular formula is C24H26O6. The molecule has 0 bridgehead atoms. The fraction of sp³-hybridized carbons (Fsp3) is 0.250. The van der Waals surface area contributed by atoms with Crippen molar-refractivity contribution in [2.75, 3.05) is 26.4 Å². The van der Waals surface area contributed by atoms with Gasteiger partial charge in [-0.3, -0.25) is 0 Å². The van der Waals surface area contributed by atoms with E-state index in [1.54, 1.807) is 0 Å². The number of rotatable bonds is 13. The van der Waals surface area contributed by atoms with Crippen LogP contribution in [-0.4, -0.2) is 38.4 Å². The predicted molar refractivity (Wildman–Crippen MR) is 114 cm³/mol. The number of carbonyl (C=O) groups is 2. The lowest BCUT2D eigenvalue weighted by atomic mass is 10.1. The van der Waals surface area contributed by atoms with Gasteiger partial charge in [0.05, 0.1) is 13.2 Å². The molecule has 0 radical (unpaired) electrons. The molecule has 0 saturated heterocycles. The Labute approximate surface area is 176 Å². The van der Waals surface area contributed by atoms with Gasteiger partial charge in [-0.2, -0.15) is 0 Å². The van der Waals surface area contributed by atoms with Gasteiger partial charge in [0.15, 0.2) is 0 Å². The topological polar surface area (TPSA) is 71.1 Å². The summed E-state index contributed by atoms with van der Waals surface area (Å²) in [4.78, 5) is 21.9. The van der Waals surface area contributed by atoms with Crippen molar-refractivity contribution >= 4 is 11.9 Å². The van der Waals surface area contributed by atoms with Crippen molar-refractivity contribution < 1.29 is 28.5 Å². The Morgan fingerprint density at radius 2 is 1.07 bits per heavy atom. The number of carbonyl (C=O) groups excluding carboxylic acids is 2. The second kappa shape index (κ2) is 12.8. The summed E-state index contributed by atoms with van der Waals surface area (Å²) >= 11 is 0. The molecule has 0 heterocycles. The van der Waals surface area contributed by atoms with E-state index in [-0.39, 0.29) is 13.2 Å². The normalized spacial score (nSPS) is 10.0. The minimum Gasteiger partial charge on any atom is -0.494 e. The molecule has 0 aliphatic heterocycles. The molecule has 2 aromatic carbocycles. The summed E-state index contributed by atoms with van der Waals surface area (Å²) in [5.74, 6) is 0.624. The fourth-order valence-corrected chi connectivity index (χ4v) is 2.47. The summed E-state index contributed by atoms with van der Waals surface area (Å²) in [5, 5.41) is 0. The highest BCUT2D eigenvalue weighted by molar-refractivity contribution is 5.81. The van der Waals surface area contributed by atoms with Crippen molar-refractivity contribution in [2.45, 2.75) is 12.8 Å². The van der Waals surface area contributed by atoms with E-state index in [4.69, 9.17) is 18.9 Å². The van der Waals surface area contributed by atoms with Crippen molar-refractivity contribution in [3.05, 3.63) is 73.8 Å². The van der Waals surface area contributed by atoms with Gasteiger partial charge < -0.3 is 18.9 Å². The SMILES string of the molecule is C=CC(=O)OCCCCOc1ccc(-c2ccc(OCCOC(=O)C=C)cc2)cc1. The first-order valence-corrected chi connectivity index (χ1v) is 9.67. The van der Waals surface area contributed by atoms with Crippen molar-refractivity contribution in [1.82, 2.24) is 0 Å². The highest BCUT2D eigenvalue weighted by atomic mass is 16.6. The van der Waals surface area contributed by atoms with E-state index in [1.165, 1.54) is 0 Å². The van der Waals surface area contributed by atoms with Gasteiger partial charge in [0.2, 0.25) is 0 Å². The minimum atomic E-state index is -0.463. The Bertz CT molecular complexity index is 824. The maximum atomic E-state index is 11.0. The third kappa shape index (κ3) is 8.22. The van der Waals surface area contributed by atoms with Crippen molar-refractivity contribution in [1.29, 1.82) is 0 Å². The van der Waals surface area contributed by atoms with Crippen LogP contribution in [0.5, 0.6) is 11.5 Å². The van der Waals surface area contributed by atoms with Crippen molar-refractivity contribution in [3.63, 3.8) is 0 Å². The van der Waals surface area contributed by atoms with Crippen LogP contribution in [-0.2, 0) is 19.1 Å². The van der Waals surface area contributed by atoms with E-state index in [9.17, 15) is 9.59 Å². The average molecular weight is 410 g/mol. The molecule has 0 aliphatic rings. The molecule has 0 unspecified atom stereocenters. The van der Waals surface area contributed by atoms with Crippen molar-refractivity contribution in [2.24, 2.45) is 0 Å². The maximum Gasteiger partial charge on any atom is 0.330 e. The first kappa shape index (κ1) is 22.7. The third-order valence-corrected chi connectivity index (χ3v) is 4.02. The molecule has 6 heteroatoms. The molecule has 0 saturated carbocycles. The Morgan fingerprint density at radius 3 is 1.57 bits per heavy atom. The average Bonchev–Trinajstić information content (AvgIpc) is 2.79. The smallest absolute Gasteiger partial charge is 0.330 e. The number of benzene rings is 2. The van der Waals surface area contributed by atoms with E-state index < -0.39 is 11.9 Å². The zero-order chi connectivity index (χ0) is 21.6. The molecule has 158 valence electrons. The van der Waals surface area contributed by atoms with Crippen LogP contribution in [0.1, 0.15) is 12.8 Å². The van der Waals surface area contributed by atoms with Crippen LogP contribution in [0.15, 0.2) is 73.8 Å². The molecule has 0 aliphatic carbocycles. The van der Waals surface area contributed by atoms with Gasteiger partial charge in [-0.05, 0) is 48.2 Å². The quantitative estimate of drug-likeness (QED) is 0.278. The molecule has 0 aromatic heterocycles. The van der Waals surface area contributed by atoms with Crippen LogP contribution >= 0.6 is 0 Å². The van der Waals surface area contributed by atoms with Crippen LogP contribution in [0.3, 0.4) is 0 Å². The fourth-order valence-electron chi connectivity index (χ4n) is 2.47. The van der Waals surface area contributed by atoms with Gasteiger partial charge in [0.25, 0.3) is 0 Å². The standard InChI is InChI=1S/C24H26O6/c1-3-23(25)29-16-6-5-15-27-21-11-7-19(8-12-21)20-9-13-22(14-10-20)28-17-18-30-24(26)4-2/h3-4,7-14H,1-2,5-6,15-18H2. The van der Waals surface area contributed by atoms with Gasteiger partial charge in [-0.1, -0.05) is 37.4 Å². The minimum absolute atomic E-state index is 0.175. The second-order valence-electron chi connectivity index (χ2n) is 6.20. The first-order valence-electron chi connectivity index (χ1n) is 9.67. The Balaban J connectivity index is 1.72. The lowest BCUT2D eigenvalue weighted by molar-refractivity contribution is -0.139. The lowest BCUT2D eigenvalue weighted by Crippen LogP contribution is -2.10. The molecule has 2 rings (SSSR count). The van der Waals surface area contributed by atoms with Gasteiger partial charge in [-0.15, -0.1) is 0 Å². The Morgan fingerprint density at radius 1 is 0.633 bits per heavy atom. The monoisotopic (exact) mass is 410 g/mol. The summed E-state index contributed by atoms with van der Waals surface area (Å²) in [6.07, 6.45) is 3.81. The lowest BCUT2D eigenvalue weighted by Gasteiger charge is -2.09. The summed E-state index contributed by atoms with van der Waals surface area (Å²) in [5.41, 5.74) is 2.11. The molecular weight excluding hydrogens is 384 g/mol. The van der Waals surface area contributed by atoms with Gasteiger partial charge >= 0.3 is 11.9 Å². The van der Waals surface area contributed by atoms with Crippen LogP contribution in [0.2, 0.25) is 0 Å². The number of unbranched alkanes of at least 4 members (excludes halogenated alkanes) is 1. The Hall–Kier alpha value is -3.54. The summed E-state index contributed by atoms with van der Waals surface area (Å²) < 4.78 is 21.0. The zero-order valence-corrected chi connectivity index (χ0v) is 16.9. The molecule has 2 aromatic rings. The van der Waals surface area contributed by atoms with E-state index in [0.717, 1.165) is 41.9 Å². The van der Waals surface area contributed by atoms with Crippen molar-refractivity contribution in [3.8, 4) is 22.6 Å². The van der Waals surface area contributed by atoms with E-state index >= 15 is 0 Å². The number of hydrogen-bond donors (Lipinski definition) is 0. The Kier molecular flexibility index (Phi) is 9.73. The molecule has 0 amide bonds. The van der Waals surface area contributed by atoms with E-state index in [0.29, 0.717) is 19.0 Å². The molecule has 0 fully saturated rings. The summed E-state index contributed by atoms with van der Waals surface area (Å²) in [7, 11) is 0. The maximum absolute atomic E-state index is 11.0. The number of hydrogen-bond acceptors (Lipinski definition) is 6. The molecule has 0 N–H and O–H groups in total. The van der Waals surface area contributed by atoms with Gasteiger partial charge in [0.1, 0.15) is 24.7 Å². The predicted octanol–water partition coefficient (Wildman–Crippen LogP) is 4.35. The molecule has 30 heavy (non-hydrogen) atoms. The van der Waals surface area contributed by atoms with Gasteiger partial charge in [-0.25, -0.2) is 9.59 Å². The van der Waals surface area contributed by atoms with Gasteiger partial charge in [0, 0.05) is 12.2 Å². The first-order chi connectivity index (χ1) is 14.6. The molecule has 0 atom stereocenters.